The molecular weight excluding hydrogens is 334 g/mol. The number of benzene rings is 2. The molecule has 1 aliphatic rings. The maximum atomic E-state index is 12.6. The van der Waals surface area contributed by atoms with E-state index in [0.717, 1.165) is 4.90 Å². The first-order chi connectivity index (χ1) is 11.6. The summed E-state index contributed by atoms with van der Waals surface area (Å²) in [5.74, 6) is 0.703. The maximum Gasteiger partial charge on any atom is 0.387 e. The van der Waals surface area contributed by atoms with Gasteiger partial charge in [0.1, 0.15) is 0 Å². The molecule has 0 amide bonds. The van der Waals surface area contributed by atoms with Crippen LogP contribution in [-0.4, -0.2) is 25.3 Å². The summed E-state index contributed by atoms with van der Waals surface area (Å²) < 4.78 is 34.2. The number of methoxy groups -OCH3 is 1. The quantitative estimate of drug-likeness (QED) is 0.752. The van der Waals surface area contributed by atoms with Gasteiger partial charge in [-0.1, -0.05) is 18.2 Å². The Morgan fingerprint density at radius 2 is 1.96 bits per heavy atom. The van der Waals surface area contributed by atoms with Gasteiger partial charge in [-0.2, -0.15) is 8.78 Å². The molecule has 0 aliphatic carbocycles. The van der Waals surface area contributed by atoms with Crippen LogP contribution in [0.25, 0.3) is 6.08 Å². The minimum absolute atomic E-state index is 0.0174. The summed E-state index contributed by atoms with van der Waals surface area (Å²) in [7, 11) is 1.38. The number of thioether (sulfide) groups is 1. The first-order valence-electron chi connectivity index (χ1n) is 7.18. The molecule has 24 heavy (non-hydrogen) atoms. The van der Waals surface area contributed by atoms with Gasteiger partial charge in [0.05, 0.1) is 7.11 Å². The van der Waals surface area contributed by atoms with E-state index >= 15 is 0 Å². The summed E-state index contributed by atoms with van der Waals surface area (Å²) in [4.78, 5) is 13.5. The van der Waals surface area contributed by atoms with E-state index in [0.29, 0.717) is 22.5 Å². The lowest BCUT2D eigenvalue weighted by Crippen LogP contribution is -2.12. The zero-order chi connectivity index (χ0) is 17.1. The molecule has 0 radical (unpaired) electrons. The molecular formula is C18H14F2O3S. The Kier molecular flexibility index (Phi) is 4.85. The average molecular weight is 348 g/mol. The van der Waals surface area contributed by atoms with Gasteiger partial charge in [-0.15, -0.1) is 11.8 Å². The van der Waals surface area contributed by atoms with E-state index in [2.05, 4.69) is 4.74 Å². The van der Waals surface area contributed by atoms with Crippen LogP contribution >= 0.6 is 11.8 Å². The molecule has 2 aromatic carbocycles. The fourth-order valence-corrected chi connectivity index (χ4v) is 3.47. The van der Waals surface area contributed by atoms with Gasteiger partial charge in [0.2, 0.25) is 0 Å². The Morgan fingerprint density at radius 3 is 2.71 bits per heavy atom. The second-order valence-electron chi connectivity index (χ2n) is 5.07. The molecule has 2 aromatic rings. The van der Waals surface area contributed by atoms with Crippen molar-refractivity contribution < 1.29 is 23.0 Å². The molecule has 0 saturated carbocycles. The molecule has 3 nitrogen and oxygen atoms in total. The average Bonchev–Trinajstić information content (AvgIpc) is 2.58. The summed E-state index contributed by atoms with van der Waals surface area (Å²) in [6.07, 6.45) is 1.75. The summed E-state index contributed by atoms with van der Waals surface area (Å²) in [6.45, 7) is -2.92. The molecule has 1 aliphatic heterocycles. The number of ether oxygens (including phenoxy) is 2. The number of alkyl halides is 2. The van der Waals surface area contributed by atoms with Gasteiger partial charge >= 0.3 is 6.61 Å². The van der Waals surface area contributed by atoms with E-state index in [-0.39, 0.29) is 17.3 Å². The van der Waals surface area contributed by atoms with Crippen LogP contribution in [0.1, 0.15) is 15.9 Å². The number of carbonyl (C=O) groups is 1. The molecule has 0 saturated heterocycles. The lowest BCUT2D eigenvalue weighted by Gasteiger charge is -2.17. The van der Waals surface area contributed by atoms with Crippen molar-refractivity contribution in [2.45, 2.75) is 11.5 Å². The number of hydrogen-bond donors (Lipinski definition) is 0. The predicted octanol–water partition coefficient (Wildman–Crippen LogP) is 4.67. The Balaban J connectivity index is 1.90. The molecule has 3 rings (SSSR count). The topological polar surface area (TPSA) is 35.5 Å². The maximum absolute atomic E-state index is 12.6. The van der Waals surface area contributed by atoms with Crippen molar-refractivity contribution >= 4 is 23.6 Å². The highest BCUT2D eigenvalue weighted by Gasteiger charge is 2.22. The normalized spacial score (nSPS) is 15.5. The van der Waals surface area contributed by atoms with Gasteiger partial charge in [-0.25, -0.2) is 0 Å². The number of Topliss-reactive ketones (excluding diaryl/α,β-unsaturated/α-hetero) is 1. The number of hydrogen-bond acceptors (Lipinski definition) is 4. The van der Waals surface area contributed by atoms with E-state index in [1.54, 1.807) is 36.0 Å². The number of halogens is 2. The van der Waals surface area contributed by atoms with Crippen LogP contribution < -0.4 is 9.47 Å². The minimum Gasteiger partial charge on any atom is -0.493 e. The van der Waals surface area contributed by atoms with Crippen molar-refractivity contribution in [2.24, 2.45) is 0 Å². The Hall–Kier alpha value is -2.34. The number of carbonyl (C=O) groups excluding carboxylic acids is 1. The molecule has 0 atom stereocenters. The molecule has 0 spiro atoms. The minimum atomic E-state index is -2.92. The Labute approximate surface area is 142 Å². The highest BCUT2D eigenvalue weighted by Crippen LogP contribution is 2.34. The lowest BCUT2D eigenvalue weighted by atomic mass is 10.0. The SMILES string of the molecule is COc1cc(/C=C2\CSc3ccccc3C2=O)ccc1OC(F)F. The van der Waals surface area contributed by atoms with Crippen molar-refractivity contribution in [1.29, 1.82) is 0 Å². The molecule has 0 N–H and O–H groups in total. The zero-order valence-electron chi connectivity index (χ0n) is 12.8. The van der Waals surface area contributed by atoms with Crippen LogP contribution in [0.15, 0.2) is 52.9 Å². The third kappa shape index (κ3) is 3.43. The van der Waals surface area contributed by atoms with Crippen LogP contribution in [0.3, 0.4) is 0 Å². The Bertz CT molecular complexity index is 803. The number of ketones is 1. The van der Waals surface area contributed by atoms with Crippen molar-refractivity contribution in [2.75, 3.05) is 12.9 Å². The molecule has 0 aromatic heterocycles. The standard InChI is InChI=1S/C18H14F2O3S/c1-22-15-9-11(6-7-14(15)23-18(19)20)8-12-10-24-16-5-3-2-4-13(16)17(12)21/h2-9,18H,10H2,1H3/b12-8+. The molecule has 0 fully saturated rings. The lowest BCUT2D eigenvalue weighted by molar-refractivity contribution is -0.0512. The van der Waals surface area contributed by atoms with E-state index in [9.17, 15) is 13.6 Å². The predicted molar refractivity (Wildman–Crippen MR) is 89.1 cm³/mol. The number of fused-ring (bicyclic) bond motifs is 1. The van der Waals surface area contributed by atoms with Crippen molar-refractivity contribution in [3.8, 4) is 11.5 Å². The van der Waals surface area contributed by atoms with Gasteiger partial charge in [0.15, 0.2) is 17.3 Å². The summed E-state index contributed by atoms with van der Waals surface area (Å²) in [5.41, 5.74) is 2.03. The first-order valence-corrected chi connectivity index (χ1v) is 8.17. The molecule has 0 unspecified atom stereocenters. The van der Waals surface area contributed by atoms with Crippen molar-refractivity contribution in [1.82, 2.24) is 0 Å². The number of rotatable bonds is 4. The monoisotopic (exact) mass is 348 g/mol. The van der Waals surface area contributed by atoms with Gasteiger partial charge in [-0.05, 0) is 35.9 Å². The van der Waals surface area contributed by atoms with Crippen molar-refractivity contribution in [3.63, 3.8) is 0 Å². The van der Waals surface area contributed by atoms with Gasteiger partial charge in [-0.3, -0.25) is 4.79 Å². The van der Waals surface area contributed by atoms with E-state index in [1.807, 2.05) is 18.2 Å². The third-order valence-corrected chi connectivity index (χ3v) is 4.67. The van der Waals surface area contributed by atoms with Gasteiger partial charge in [0.25, 0.3) is 0 Å². The first kappa shape index (κ1) is 16.5. The molecule has 124 valence electrons. The summed E-state index contributed by atoms with van der Waals surface area (Å²) in [5, 5.41) is 0. The van der Waals surface area contributed by atoms with Crippen LogP contribution in [0.4, 0.5) is 8.78 Å². The molecule has 6 heteroatoms. The van der Waals surface area contributed by atoms with Crippen molar-refractivity contribution in [3.05, 3.63) is 59.2 Å². The van der Waals surface area contributed by atoms with Crippen LogP contribution in [0, 0.1) is 0 Å². The van der Waals surface area contributed by atoms with Gasteiger partial charge < -0.3 is 9.47 Å². The second-order valence-corrected chi connectivity index (χ2v) is 6.09. The Morgan fingerprint density at radius 1 is 1.17 bits per heavy atom. The highest BCUT2D eigenvalue weighted by molar-refractivity contribution is 7.99. The fourth-order valence-electron chi connectivity index (χ4n) is 2.45. The van der Waals surface area contributed by atoms with Gasteiger partial charge in [0, 0.05) is 21.8 Å². The molecule has 1 heterocycles. The summed E-state index contributed by atoms with van der Waals surface area (Å²) >= 11 is 1.60. The van der Waals surface area contributed by atoms with Crippen LogP contribution in [0.5, 0.6) is 11.5 Å². The largest absolute Gasteiger partial charge is 0.493 e. The van der Waals surface area contributed by atoms with E-state index in [4.69, 9.17) is 4.74 Å². The van der Waals surface area contributed by atoms with E-state index in [1.165, 1.54) is 13.2 Å². The smallest absolute Gasteiger partial charge is 0.387 e. The van der Waals surface area contributed by atoms with Crippen LogP contribution in [-0.2, 0) is 0 Å². The summed E-state index contributed by atoms with van der Waals surface area (Å²) in [6, 6.07) is 12.1. The van der Waals surface area contributed by atoms with Crippen LogP contribution in [0.2, 0.25) is 0 Å². The second kappa shape index (κ2) is 7.05. The fraction of sp³-hybridized carbons (Fsp3) is 0.167. The third-order valence-electron chi connectivity index (χ3n) is 3.55. The molecule has 0 bridgehead atoms. The zero-order valence-corrected chi connectivity index (χ0v) is 13.6. The highest BCUT2D eigenvalue weighted by atomic mass is 32.2. The van der Waals surface area contributed by atoms with E-state index < -0.39 is 6.61 Å².